The summed E-state index contributed by atoms with van der Waals surface area (Å²) < 4.78 is 44.1. The number of nitrogens with one attached hydrogen (secondary N) is 1. The minimum Gasteiger partial charge on any atom is -0.467 e. The number of hydrogen-bond acceptors (Lipinski definition) is 5. The van der Waals surface area contributed by atoms with Gasteiger partial charge in [0.05, 0.1) is 18.4 Å². The molecule has 0 radical (unpaired) electrons. The molecule has 3 aromatic rings. The molecule has 142 valence electrons. The number of alkyl halides is 3. The first-order valence-corrected chi connectivity index (χ1v) is 8.61. The van der Waals surface area contributed by atoms with E-state index >= 15 is 0 Å². The number of imidazole rings is 1. The zero-order chi connectivity index (χ0) is 19.8. The molecule has 0 aliphatic carbocycles. The molecule has 10 heteroatoms. The number of benzene rings is 1. The molecule has 6 nitrogen and oxygen atoms in total. The third kappa shape index (κ3) is 3.80. The van der Waals surface area contributed by atoms with Crippen LogP contribution in [0.25, 0.3) is 16.2 Å². The molecule has 1 atom stereocenters. The maximum Gasteiger partial charge on any atom is 0.416 e. The Balaban J connectivity index is 1.87. The van der Waals surface area contributed by atoms with Gasteiger partial charge in [0.2, 0.25) is 0 Å². The number of amides is 1. The Morgan fingerprint density at radius 2 is 1.93 bits per heavy atom. The van der Waals surface area contributed by atoms with Crippen molar-refractivity contribution < 1.29 is 27.5 Å². The van der Waals surface area contributed by atoms with Crippen molar-refractivity contribution >= 4 is 28.2 Å². The molecular weight excluding hydrogens is 383 g/mol. The number of carbonyl (C=O) groups excluding carboxylic acids is 2. The molecule has 0 bridgehead atoms. The lowest BCUT2D eigenvalue weighted by Crippen LogP contribution is -2.39. The van der Waals surface area contributed by atoms with Gasteiger partial charge in [-0.1, -0.05) is 12.1 Å². The predicted octanol–water partition coefficient (Wildman–Crippen LogP) is 3.37. The normalized spacial score (nSPS) is 12.8. The molecule has 0 aliphatic rings. The Morgan fingerprint density at radius 3 is 2.52 bits per heavy atom. The molecule has 0 spiro atoms. The van der Waals surface area contributed by atoms with E-state index in [1.165, 1.54) is 41.9 Å². The van der Waals surface area contributed by atoms with Crippen LogP contribution in [0.1, 0.15) is 23.0 Å². The maximum atomic E-state index is 12.7. The standard InChI is InChI=1S/C17H14F3N3O3S/c1-9(15(25)26-2)21-14(24)13-8-27-16-22-12(7-23(13)16)10-3-5-11(6-4-10)17(18,19)20/h3-9H,1-2H3,(H,21,24)/t9-/m1/s1. The Kier molecular flexibility index (Phi) is 4.92. The highest BCUT2D eigenvalue weighted by Gasteiger charge is 2.30. The monoisotopic (exact) mass is 397 g/mol. The summed E-state index contributed by atoms with van der Waals surface area (Å²) in [4.78, 5) is 28.6. The van der Waals surface area contributed by atoms with Gasteiger partial charge in [0.25, 0.3) is 5.91 Å². The van der Waals surface area contributed by atoms with E-state index in [9.17, 15) is 22.8 Å². The van der Waals surface area contributed by atoms with Gasteiger partial charge in [-0.25, -0.2) is 9.78 Å². The fraction of sp³-hybridized carbons (Fsp3) is 0.235. The summed E-state index contributed by atoms with van der Waals surface area (Å²) in [5, 5.41) is 4.10. The van der Waals surface area contributed by atoms with Crippen molar-refractivity contribution in [1.82, 2.24) is 14.7 Å². The zero-order valence-corrected chi connectivity index (χ0v) is 15.0. The second kappa shape index (κ2) is 7.03. The average molecular weight is 397 g/mol. The summed E-state index contributed by atoms with van der Waals surface area (Å²) in [6, 6.07) is 3.79. The summed E-state index contributed by atoms with van der Waals surface area (Å²) in [6.07, 6.45) is -2.85. The molecule has 0 fully saturated rings. The van der Waals surface area contributed by atoms with Crippen LogP contribution in [0.15, 0.2) is 35.8 Å². The van der Waals surface area contributed by atoms with Gasteiger partial charge in [-0.15, -0.1) is 11.3 Å². The van der Waals surface area contributed by atoms with E-state index in [0.29, 0.717) is 16.2 Å². The van der Waals surface area contributed by atoms with Crippen LogP contribution in [-0.4, -0.2) is 34.4 Å². The van der Waals surface area contributed by atoms with Gasteiger partial charge in [0, 0.05) is 17.1 Å². The van der Waals surface area contributed by atoms with E-state index in [4.69, 9.17) is 0 Å². The number of hydrogen-bond donors (Lipinski definition) is 1. The van der Waals surface area contributed by atoms with E-state index in [1.807, 2.05) is 0 Å². The molecule has 0 aliphatic heterocycles. The Hall–Kier alpha value is -2.88. The van der Waals surface area contributed by atoms with E-state index in [0.717, 1.165) is 12.1 Å². The average Bonchev–Trinajstić information content (AvgIpc) is 3.20. The van der Waals surface area contributed by atoms with Gasteiger partial charge in [-0.3, -0.25) is 9.20 Å². The van der Waals surface area contributed by atoms with Gasteiger partial charge in [0.1, 0.15) is 11.7 Å². The van der Waals surface area contributed by atoms with Crippen LogP contribution >= 0.6 is 11.3 Å². The van der Waals surface area contributed by atoms with Crippen molar-refractivity contribution in [1.29, 1.82) is 0 Å². The lowest BCUT2D eigenvalue weighted by molar-refractivity contribution is -0.142. The predicted molar refractivity (Wildman–Crippen MR) is 92.5 cm³/mol. The summed E-state index contributed by atoms with van der Waals surface area (Å²) in [6.45, 7) is 1.49. The molecule has 1 N–H and O–H groups in total. The molecule has 0 saturated heterocycles. The van der Waals surface area contributed by atoms with E-state index in [-0.39, 0.29) is 5.69 Å². The number of methoxy groups -OCH3 is 1. The molecule has 27 heavy (non-hydrogen) atoms. The van der Waals surface area contributed by atoms with Crippen LogP contribution < -0.4 is 5.32 Å². The largest absolute Gasteiger partial charge is 0.467 e. The number of esters is 1. The first-order valence-electron chi connectivity index (χ1n) is 7.73. The van der Waals surface area contributed by atoms with Crippen LogP contribution in [0.4, 0.5) is 13.2 Å². The van der Waals surface area contributed by atoms with Crippen LogP contribution in [0, 0.1) is 0 Å². The number of nitrogens with zero attached hydrogens (tertiary/aromatic N) is 2. The summed E-state index contributed by atoms with van der Waals surface area (Å²) in [5.41, 5.74) is 0.444. The Bertz CT molecular complexity index is 992. The van der Waals surface area contributed by atoms with Gasteiger partial charge >= 0.3 is 12.1 Å². The fourth-order valence-corrected chi connectivity index (χ4v) is 3.28. The molecule has 0 saturated carbocycles. The summed E-state index contributed by atoms with van der Waals surface area (Å²) in [7, 11) is 1.22. The van der Waals surface area contributed by atoms with Crippen molar-refractivity contribution in [2.24, 2.45) is 0 Å². The smallest absolute Gasteiger partial charge is 0.416 e. The second-order valence-corrected chi connectivity index (χ2v) is 6.53. The van der Waals surface area contributed by atoms with Gasteiger partial charge < -0.3 is 10.1 Å². The first-order chi connectivity index (χ1) is 12.7. The number of halogens is 3. The van der Waals surface area contributed by atoms with Gasteiger partial charge in [-0.05, 0) is 19.1 Å². The lowest BCUT2D eigenvalue weighted by Gasteiger charge is -2.10. The Labute approximate surface area is 155 Å². The highest BCUT2D eigenvalue weighted by Crippen LogP contribution is 2.31. The first kappa shape index (κ1) is 18.9. The quantitative estimate of drug-likeness (QED) is 0.685. The Morgan fingerprint density at radius 1 is 1.26 bits per heavy atom. The number of carbonyl (C=O) groups is 2. The second-order valence-electron chi connectivity index (χ2n) is 5.69. The third-order valence-corrected chi connectivity index (χ3v) is 4.69. The summed E-state index contributed by atoms with van der Waals surface area (Å²) in [5.74, 6) is -1.07. The molecule has 0 unspecified atom stereocenters. The molecule has 2 aromatic heterocycles. The van der Waals surface area contributed by atoms with Gasteiger partial charge in [0.15, 0.2) is 4.96 Å². The molecular formula is C17H14F3N3O3S. The topological polar surface area (TPSA) is 72.7 Å². The highest BCUT2D eigenvalue weighted by atomic mass is 32.1. The van der Waals surface area contributed by atoms with Crippen molar-refractivity contribution in [3.05, 3.63) is 47.1 Å². The van der Waals surface area contributed by atoms with Crippen LogP contribution in [0.5, 0.6) is 0 Å². The van der Waals surface area contributed by atoms with Crippen LogP contribution in [0.3, 0.4) is 0 Å². The number of rotatable bonds is 4. The SMILES string of the molecule is COC(=O)[C@@H](C)NC(=O)c1csc2nc(-c3ccc(C(F)(F)F)cc3)cn12. The van der Waals surface area contributed by atoms with Crippen molar-refractivity contribution in [3.8, 4) is 11.3 Å². The molecule has 1 amide bonds. The van der Waals surface area contributed by atoms with Crippen LogP contribution in [-0.2, 0) is 15.7 Å². The lowest BCUT2D eigenvalue weighted by atomic mass is 10.1. The molecule has 2 heterocycles. The highest BCUT2D eigenvalue weighted by molar-refractivity contribution is 7.15. The number of thiazole rings is 1. The maximum absolute atomic E-state index is 12.7. The van der Waals surface area contributed by atoms with Crippen LogP contribution in [0.2, 0.25) is 0 Å². The third-order valence-electron chi connectivity index (χ3n) is 3.85. The number of aromatic nitrogens is 2. The van der Waals surface area contributed by atoms with Crippen molar-refractivity contribution in [2.45, 2.75) is 19.1 Å². The fourth-order valence-electron chi connectivity index (χ4n) is 2.42. The summed E-state index contributed by atoms with van der Waals surface area (Å²) >= 11 is 1.20. The van der Waals surface area contributed by atoms with Gasteiger partial charge in [-0.2, -0.15) is 13.2 Å². The van der Waals surface area contributed by atoms with Crippen molar-refractivity contribution in [3.63, 3.8) is 0 Å². The number of fused-ring (bicyclic) bond motifs is 1. The molecule has 3 rings (SSSR count). The van der Waals surface area contributed by atoms with E-state index in [1.54, 1.807) is 11.6 Å². The van der Waals surface area contributed by atoms with Crippen molar-refractivity contribution in [2.75, 3.05) is 7.11 Å². The minimum atomic E-state index is -4.41. The van der Waals surface area contributed by atoms with E-state index in [2.05, 4.69) is 15.0 Å². The minimum absolute atomic E-state index is 0.261. The zero-order valence-electron chi connectivity index (χ0n) is 14.2. The molecule has 1 aromatic carbocycles. The number of ether oxygens (including phenoxy) is 1. The van der Waals surface area contributed by atoms with E-state index < -0.39 is 29.7 Å².